The van der Waals surface area contributed by atoms with Crippen molar-refractivity contribution in [3.63, 3.8) is 0 Å². The average molecular weight is 558 g/mol. The van der Waals surface area contributed by atoms with Gasteiger partial charge in [-0.1, -0.05) is 65.5 Å². The molecule has 2 aromatic rings. The van der Waals surface area contributed by atoms with E-state index in [2.05, 4.69) is 28.2 Å². The lowest BCUT2D eigenvalue weighted by Gasteiger charge is -2.30. The molecule has 0 saturated carbocycles. The quantitative estimate of drug-likeness (QED) is 0.322. The fourth-order valence-electron chi connectivity index (χ4n) is 3.48. The zero-order chi connectivity index (χ0) is 24.5. The fraction of sp³-hybridized carbons (Fsp3) is 0.440. The molecule has 1 N–H and O–H groups in total. The summed E-state index contributed by atoms with van der Waals surface area (Å²) in [4.78, 5) is 27.8. The number of benzene rings is 2. The standard InChI is InChI=1S/C25H31BrCl2N2O3/c1-5-7-10-29-25(32)22(6-2)30(14-18-8-9-20(27)21(28)13-18)23(31)15-33-19-11-16(3)24(26)17(4)12-19/h8-9,11-13,22H,5-7,10,14-15H2,1-4H3,(H,29,32)/t22-/m1/s1. The summed E-state index contributed by atoms with van der Waals surface area (Å²) in [5.41, 5.74) is 2.83. The van der Waals surface area contributed by atoms with Crippen LogP contribution in [0.3, 0.4) is 0 Å². The van der Waals surface area contributed by atoms with Crippen LogP contribution in [0.2, 0.25) is 10.0 Å². The first-order valence-electron chi connectivity index (χ1n) is 11.1. The van der Waals surface area contributed by atoms with Gasteiger partial charge in [-0.05, 0) is 67.6 Å². The smallest absolute Gasteiger partial charge is 0.261 e. The molecule has 0 heterocycles. The minimum Gasteiger partial charge on any atom is -0.484 e. The van der Waals surface area contributed by atoms with Crippen LogP contribution in [0.5, 0.6) is 5.75 Å². The second-order valence-corrected chi connectivity index (χ2v) is 9.61. The third-order valence-electron chi connectivity index (χ3n) is 5.32. The molecular weight excluding hydrogens is 527 g/mol. The number of aryl methyl sites for hydroxylation is 2. The first-order chi connectivity index (χ1) is 15.7. The maximum absolute atomic E-state index is 13.3. The zero-order valence-electron chi connectivity index (χ0n) is 19.5. The van der Waals surface area contributed by atoms with E-state index in [1.54, 1.807) is 23.1 Å². The molecule has 33 heavy (non-hydrogen) atoms. The van der Waals surface area contributed by atoms with Crippen LogP contribution in [0.25, 0.3) is 0 Å². The molecule has 8 heteroatoms. The summed E-state index contributed by atoms with van der Waals surface area (Å²) in [5.74, 6) is 0.156. The number of rotatable bonds is 11. The van der Waals surface area contributed by atoms with E-state index in [0.717, 1.165) is 34.0 Å². The van der Waals surface area contributed by atoms with Crippen LogP contribution in [0, 0.1) is 13.8 Å². The molecule has 0 aliphatic carbocycles. The van der Waals surface area contributed by atoms with Gasteiger partial charge in [0.1, 0.15) is 11.8 Å². The van der Waals surface area contributed by atoms with Crippen molar-refractivity contribution in [2.24, 2.45) is 0 Å². The number of nitrogens with one attached hydrogen (secondary N) is 1. The van der Waals surface area contributed by atoms with Crippen LogP contribution in [0.1, 0.15) is 49.8 Å². The van der Waals surface area contributed by atoms with Gasteiger partial charge in [-0.3, -0.25) is 9.59 Å². The van der Waals surface area contributed by atoms with Gasteiger partial charge in [0, 0.05) is 17.6 Å². The summed E-state index contributed by atoms with van der Waals surface area (Å²) < 4.78 is 6.84. The van der Waals surface area contributed by atoms with Crippen molar-refractivity contribution in [3.8, 4) is 5.75 Å². The first kappa shape index (κ1) is 27.5. The largest absolute Gasteiger partial charge is 0.484 e. The van der Waals surface area contributed by atoms with E-state index in [4.69, 9.17) is 27.9 Å². The minimum absolute atomic E-state index is 0.172. The van der Waals surface area contributed by atoms with Crippen LogP contribution in [0.15, 0.2) is 34.8 Å². The molecule has 2 rings (SSSR count). The Labute approximate surface area is 214 Å². The number of amides is 2. The molecule has 5 nitrogen and oxygen atoms in total. The highest BCUT2D eigenvalue weighted by atomic mass is 79.9. The SMILES string of the molecule is CCCCNC(=O)[C@@H](CC)N(Cc1ccc(Cl)c(Cl)c1)C(=O)COc1cc(C)c(Br)c(C)c1. The molecule has 0 spiro atoms. The summed E-state index contributed by atoms with van der Waals surface area (Å²) in [6.45, 7) is 8.51. The van der Waals surface area contributed by atoms with Crippen LogP contribution >= 0.6 is 39.1 Å². The van der Waals surface area contributed by atoms with E-state index in [9.17, 15) is 9.59 Å². The molecular formula is C25H31BrCl2N2O3. The summed E-state index contributed by atoms with van der Waals surface area (Å²) in [6, 6.07) is 8.34. The molecule has 0 saturated heterocycles. The molecule has 0 aliphatic rings. The predicted octanol–water partition coefficient (Wildman–Crippen LogP) is 6.48. The first-order valence-corrected chi connectivity index (χ1v) is 12.6. The second kappa shape index (κ2) is 13.2. The molecule has 0 aromatic heterocycles. The Morgan fingerprint density at radius 3 is 2.33 bits per heavy atom. The highest BCUT2D eigenvalue weighted by Gasteiger charge is 2.29. The van der Waals surface area contributed by atoms with Crippen molar-refractivity contribution in [1.29, 1.82) is 0 Å². The molecule has 2 amide bonds. The Morgan fingerprint density at radius 1 is 1.09 bits per heavy atom. The molecule has 2 aromatic carbocycles. The Balaban J connectivity index is 2.24. The third-order valence-corrected chi connectivity index (χ3v) is 7.31. The van der Waals surface area contributed by atoms with Gasteiger partial charge in [0.25, 0.3) is 5.91 Å². The topological polar surface area (TPSA) is 58.6 Å². The summed E-state index contributed by atoms with van der Waals surface area (Å²) in [6.07, 6.45) is 2.33. The van der Waals surface area contributed by atoms with Gasteiger partial charge in [-0.2, -0.15) is 0 Å². The second-order valence-electron chi connectivity index (χ2n) is 8.00. The summed E-state index contributed by atoms with van der Waals surface area (Å²) >= 11 is 15.8. The maximum atomic E-state index is 13.3. The van der Waals surface area contributed by atoms with Crippen molar-refractivity contribution < 1.29 is 14.3 Å². The van der Waals surface area contributed by atoms with Crippen molar-refractivity contribution >= 4 is 50.9 Å². The molecule has 0 bridgehead atoms. The van der Waals surface area contributed by atoms with E-state index >= 15 is 0 Å². The van der Waals surface area contributed by atoms with E-state index in [1.165, 1.54) is 0 Å². The van der Waals surface area contributed by atoms with E-state index in [-0.39, 0.29) is 25.0 Å². The van der Waals surface area contributed by atoms with E-state index in [1.807, 2.05) is 32.9 Å². The molecule has 180 valence electrons. The maximum Gasteiger partial charge on any atom is 0.261 e. The Kier molecular flexibility index (Phi) is 11.0. The third kappa shape index (κ3) is 7.90. The van der Waals surface area contributed by atoms with Gasteiger partial charge >= 0.3 is 0 Å². The normalized spacial score (nSPS) is 11.7. The number of halogens is 3. The number of hydrogen-bond acceptors (Lipinski definition) is 3. The van der Waals surface area contributed by atoms with E-state index < -0.39 is 6.04 Å². The average Bonchev–Trinajstić information content (AvgIpc) is 2.78. The number of unbranched alkanes of at least 4 members (excludes halogenated alkanes) is 1. The Morgan fingerprint density at radius 2 is 1.76 bits per heavy atom. The lowest BCUT2D eigenvalue weighted by Crippen LogP contribution is -2.50. The van der Waals surface area contributed by atoms with Gasteiger partial charge in [0.05, 0.1) is 10.0 Å². The molecule has 1 atom stereocenters. The number of carbonyl (C=O) groups excluding carboxylic acids is 2. The van der Waals surface area contributed by atoms with Crippen molar-refractivity contribution in [2.75, 3.05) is 13.2 Å². The number of nitrogens with zero attached hydrogens (tertiary/aromatic N) is 1. The molecule has 0 fully saturated rings. The van der Waals surface area contributed by atoms with Crippen molar-refractivity contribution in [3.05, 3.63) is 61.5 Å². The van der Waals surface area contributed by atoms with Crippen LogP contribution in [-0.4, -0.2) is 35.9 Å². The molecule has 0 aliphatic heterocycles. The lowest BCUT2D eigenvalue weighted by atomic mass is 10.1. The summed E-state index contributed by atoms with van der Waals surface area (Å²) in [5, 5.41) is 3.78. The van der Waals surface area contributed by atoms with Gasteiger partial charge < -0.3 is 15.0 Å². The summed E-state index contributed by atoms with van der Waals surface area (Å²) in [7, 11) is 0. The van der Waals surface area contributed by atoms with Crippen LogP contribution in [0.4, 0.5) is 0 Å². The molecule has 0 radical (unpaired) electrons. The highest BCUT2D eigenvalue weighted by Crippen LogP contribution is 2.27. The van der Waals surface area contributed by atoms with Gasteiger partial charge in [0.2, 0.25) is 5.91 Å². The zero-order valence-corrected chi connectivity index (χ0v) is 22.6. The van der Waals surface area contributed by atoms with Gasteiger partial charge in [-0.15, -0.1) is 0 Å². The minimum atomic E-state index is -0.624. The molecule has 0 unspecified atom stereocenters. The van der Waals surface area contributed by atoms with E-state index in [0.29, 0.717) is 28.8 Å². The van der Waals surface area contributed by atoms with Crippen LogP contribution in [-0.2, 0) is 16.1 Å². The van der Waals surface area contributed by atoms with Crippen LogP contribution < -0.4 is 10.1 Å². The van der Waals surface area contributed by atoms with Crippen molar-refractivity contribution in [2.45, 2.75) is 59.5 Å². The number of ether oxygens (including phenoxy) is 1. The lowest BCUT2D eigenvalue weighted by molar-refractivity contribution is -0.143. The Bertz CT molecular complexity index is 961. The number of carbonyl (C=O) groups is 2. The predicted molar refractivity (Wildman–Crippen MR) is 138 cm³/mol. The Hall–Kier alpha value is -1.76. The van der Waals surface area contributed by atoms with Gasteiger partial charge in [-0.25, -0.2) is 0 Å². The monoisotopic (exact) mass is 556 g/mol. The highest BCUT2D eigenvalue weighted by molar-refractivity contribution is 9.10. The van der Waals surface area contributed by atoms with Gasteiger partial charge in [0.15, 0.2) is 6.61 Å². The fourth-order valence-corrected chi connectivity index (χ4v) is 4.03. The van der Waals surface area contributed by atoms with Crippen molar-refractivity contribution in [1.82, 2.24) is 10.2 Å². The number of hydrogen-bond donors (Lipinski definition) is 1.